The van der Waals surface area contributed by atoms with E-state index in [-0.39, 0.29) is 11.7 Å². The molecule has 3 N–H and O–H groups in total. The quantitative estimate of drug-likeness (QED) is 0.819. The number of aromatic nitrogens is 2. The highest BCUT2D eigenvalue weighted by molar-refractivity contribution is 5.88. The predicted octanol–water partition coefficient (Wildman–Crippen LogP) is 1.12. The van der Waals surface area contributed by atoms with Crippen LogP contribution < -0.4 is 16.2 Å². The molecule has 106 valence electrons. The summed E-state index contributed by atoms with van der Waals surface area (Å²) < 4.78 is 5.64. The number of ether oxygens (including phenoxy) is 1. The number of likely N-dealkylation sites (N-methyl/N-ethyl adjacent to an activating group) is 1. The molecule has 1 aromatic carbocycles. The van der Waals surface area contributed by atoms with Gasteiger partial charge in [-0.3, -0.25) is 4.79 Å². The van der Waals surface area contributed by atoms with E-state index in [9.17, 15) is 4.79 Å². The van der Waals surface area contributed by atoms with E-state index in [1.165, 1.54) is 6.33 Å². The van der Waals surface area contributed by atoms with E-state index < -0.39 is 0 Å². The van der Waals surface area contributed by atoms with Crippen molar-refractivity contribution in [1.29, 1.82) is 0 Å². The summed E-state index contributed by atoms with van der Waals surface area (Å²) in [6.07, 6.45) is 3.85. The summed E-state index contributed by atoms with van der Waals surface area (Å²) in [6, 6.07) is 3.54. The molecule has 3 rings (SSSR count). The van der Waals surface area contributed by atoms with Gasteiger partial charge >= 0.3 is 0 Å². The van der Waals surface area contributed by atoms with E-state index in [1.807, 2.05) is 13.1 Å². The number of nitrogens with two attached hydrogens (primary N) is 1. The number of anilines is 2. The zero-order valence-corrected chi connectivity index (χ0v) is 11.4. The Morgan fingerprint density at radius 1 is 1.55 bits per heavy atom. The largest absolute Gasteiger partial charge is 0.397 e. The molecule has 6 heteroatoms. The van der Waals surface area contributed by atoms with Gasteiger partial charge in [-0.2, -0.15) is 0 Å². The average molecular weight is 274 g/mol. The van der Waals surface area contributed by atoms with Crippen molar-refractivity contribution in [3.8, 4) is 0 Å². The second-order valence-corrected chi connectivity index (χ2v) is 5.18. The molecule has 0 saturated carbocycles. The third kappa shape index (κ3) is 2.34. The highest BCUT2D eigenvalue weighted by atomic mass is 16.5. The number of fused-ring (bicyclic) bond motifs is 1. The Balaban J connectivity index is 1.94. The summed E-state index contributed by atoms with van der Waals surface area (Å²) in [4.78, 5) is 20.5. The molecular weight excluding hydrogens is 256 g/mol. The van der Waals surface area contributed by atoms with Crippen LogP contribution in [0.4, 0.5) is 11.4 Å². The van der Waals surface area contributed by atoms with Crippen molar-refractivity contribution in [1.82, 2.24) is 9.97 Å². The third-order valence-electron chi connectivity index (χ3n) is 3.70. The minimum absolute atomic E-state index is 0.171. The number of nitrogen functional groups attached to an aromatic ring is 1. The van der Waals surface area contributed by atoms with E-state index in [0.29, 0.717) is 16.6 Å². The molecule has 6 nitrogen and oxygen atoms in total. The van der Waals surface area contributed by atoms with Gasteiger partial charge in [0.25, 0.3) is 5.56 Å². The lowest BCUT2D eigenvalue weighted by molar-refractivity contribution is 0.116. The molecule has 0 radical (unpaired) electrons. The Kier molecular flexibility index (Phi) is 3.31. The number of aromatic amines is 1. The number of rotatable bonds is 3. The molecule has 0 spiro atoms. The predicted molar refractivity (Wildman–Crippen MR) is 79.0 cm³/mol. The van der Waals surface area contributed by atoms with Gasteiger partial charge in [-0.15, -0.1) is 0 Å². The van der Waals surface area contributed by atoms with Crippen LogP contribution in [0.5, 0.6) is 0 Å². The Bertz CT molecular complexity index is 676. The van der Waals surface area contributed by atoms with Crippen molar-refractivity contribution >= 4 is 22.3 Å². The van der Waals surface area contributed by atoms with Crippen molar-refractivity contribution in [3.63, 3.8) is 0 Å². The van der Waals surface area contributed by atoms with Gasteiger partial charge in [0.1, 0.15) is 0 Å². The van der Waals surface area contributed by atoms with Crippen molar-refractivity contribution in [2.75, 3.05) is 30.8 Å². The van der Waals surface area contributed by atoms with E-state index >= 15 is 0 Å². The normalized spacial score (nSPS) is 18.6. The maximum absolute atomic E-state index is 11.7. The van der Waals surface area contributed by atoms with Crippen LogP contribution in [0.2, 0.25) is 0 Å². The van der Waals surface area contributed by atoms with Crippen LogP contribution in [0.25, 0.3) is 10.9 Å². The zero-order chi connectivity index (χ0) is 14.1. The van der Waals surface area contributed by atoms with Gasteiger partial charge in [-0.25, -0.2) is 4.98 Å². The molecule has 1 fully saturated rings. The summed E-state index contributed by atoms with van der Waals surface area (Å²) in [5.74, 6) is 0. The Hall–Kier alpha value is -2.08. The second kappa shape index (κ2) is 5.13. The number of hydrogen-bond donors (Lipinski definition) is 2. The maximum atomic E-state index is 11.7. The number of hydrogen-bond acceptors (Lipinski definition) is 5. The van der Waals surface area contributed by atoms with Crippen LogP contribution >= 0.6 is 0 Å². The SMILES string of the molecule is CN(CC1CCCO1)c1cc2nc[nH]c(=O)c2cc1N. The summed E-state index contributed by atoms with van der Waals surface area (Å²) in [5.41, 5.74) is 8.01. The first-order chi connectivity index (χ1) is 9.65. The minimum atomic E-state index is -0.171. The molecule has 1 saturated heterocycles. The molecule has 0 bridgehead atoms. The fraction of sp³-hybridized carbons (Fsp3) is 0.429. The van der Waals surface area contributed by atoms with Gasteiger partial charge in [0, 0.05) is 20.2 Å². The van der Waals surface area contributed by atoms with E-state index in [2.05, 4.69) is 14.9 Å². The topological polar surface area (TPSA) is 84.2 Å². The van der Waals surface area contributed by atoms with Crippen molar-refractivity contribution in [2.24, 2.45) is 0 Å². The summed E-state index contributed by atoms with van der Waals surface area (Å²) in [7, 11) is 1.98. The average Bonchev–Trinajstić information content (AvgIpc) is 2.92. The summed E-state index contributed by atoms with van der Waals surface area (Å²) in [5, 5.41) is 0.513. The van der Waals surface area contributed by atoms with Gasteiger partial charge in [0.2, 0.25) is 0 Å². The third-order valence-corrected chi connectivity index (χ3v) is 3.70. The second-order valence-electron chi connectivity index (χ2n) is 5.18. The van der Waals surface area contributed by atoms with E-state index in [0.717, 1.165) is 31.7 Å². The number of nitrogens with zero attached hydrogens (tertiary/aromatic N) is 2. The molecule has 2 aromatic rings. The first kappa shape index (κ1) is 12.9. The molecule has 0 amide bonds. The number of H-pyrrole nitrogens is 1. The monoisotopic (exact) mass is 274 g/mol. The zero-order valence-electron chi connectivity index (χ0n) is 11.4. The van der Waals surface area contributed by atoms with Crippen molar-refractivity contribution < 1.29 is 4.74 Å². The van der Waals surface area contributed by atoms with Crippen LogP contribution in [0, 0.1) is 0 Å². The first-order valence-corrected chi connectivity index (χ1v) is 6.75. The summed E-state index contributed by atoms with van der Waals surface area (Å²) in [6.45, 7) is 1.63. The molecule has 20 heavy (non-hydrogen) atoms. The van der Waals surface area contributed by atoms with E-state index in [1.54, 1.807) is 6.07 Å². The Morgan fingerprint density at radius 3 is 3.15 bits per heavy atom. The van der Waals surface area contributed by atoms with Gasteiger partial charge in [0.05, 0.1) is 34.7 Å². The van der Waals surface area contributed by atoms with Crippen LogP contribution in [0.3, 0.4) is 0 Å². The lowest BCUT2D eigenvalue weighted by Crippen LogP contribution is -2.29. The number of nitrogens with one attached hydrogen (secondary N) is 1. The molecule has 2 heterocycles. The fourth-order valence-electron chi connectivity index (χ4n) is 2.64. The summed E-state index contributed by atoms with van der Waals surface area (Å²) >= 11 is 0. The van der Waals surface area contributed by atoms with E-state index in [4.69, 9.17) is 10.5 Å². The number of benzene rings is 1. The molecule has 1 atom stereocenters. The van der Waals surface area contributed by atoms with Crippen LogP contribution in [0.1, 0.15) is 12.8 Å². The smallest absolute Gasteiger partial charge is 0.258 e. The molecule has 0 aliphatic carbocycles. The van der Waals surface area contributed by atoms with Gasteiger partial charge in [-0.1, -0.05) is 0 Å². The molecular formula is C14H18N4O2. The standard InChI is InChI=1S/C14H18N4O2/c1-18(7-9-3-2-4-20-9)13-6-12-10(5-11(13)15)14(19)17-8-16-12/h5-6,8-9H,2-4,7,15H2,1H3,(H,16,17,19). The lowest BCUT2D eigenvalue weighted by Gasteiger charge is -2.24. The molecule has 1 aliphatic heterocycles. The van der Waals surface area contributed by atoms with Crippen LogP contribution in [-0.4, -0.2) is 36.3 Å². The highest BCUT2D eigenvalue weighted by Gasteiger charge is 2.19. The van der Waals surface area contributed by atoms with Crippen molar-refractivity contribution in [3.05, 3.63) is 28.8 Å². The molecule has 1 aromatic heterocycles. The van der Waals surface area contributed by atoms with Crippen molar-refractivity contribution in [2.45, 2.75) is 18.9 Å². The van der Waals surface area contributed by atoms with Gasteiger partial charge < -0.3 is 20.4 Å². The van der Waals surface area contributed by atoms with Crippen LogP contribution in [0.15, 0.2) is 23.3 Å². The molecule has 1 aliphatic rings. The highest BCUT2D eigenvalue weighted by Crippen LogP contribution is 2.27. The van der Waals surface area contributed by atoms with Crippen LogP contribution in [-0.2, 0) is 4.74 Å². The van der Waals surface area contributed by atoms with Gasteiger partial charge in [0.15, 0.2) is 0 Å². The Morgan fingerprint density at radius 2 is 2.40 bits per heavy atom. The maximum Gasteiger partial charge on any atom is 0.258 e. The first-order valence-electron chi connectivity index (χ1n) is 6.75. The fourth-order valence-corrected chi connectivity index (χ4v) is 2.64. The lowest BCUT2D eigenvalue weighted by atomic mass is 10.1. The Labute approximate surface area is 116 Å². The minimum Gasteiger partial charge on any atom is -0.397 e. The van der Waals surface area contributed by atoms with Gasteiger partial charge in [-0.05, 0) is 25.0 Å². The molecule has 1 unspecified atom stereocenters.